The first kappa shape index (κ1) is 11.0. The Balaban J connectivity index is 1.60. The molecule has 0 radical (unpaired) electrons. The number of anilines is 1. The molecule has 2 aliphatic rings. The third-order valence-electron chi connectivity index (χ3n) is 3.26. The molecule has 2 fully saturated rings. The van der Waals surface area contributed by atoms with Crippen LogP contribution in [-0.2, 0) is 11.2 Å². The van der Waals surface area contributed by atoms with E-state index in [9.17, 15) is 4.79 Å². The smallest absolute Gasteiger partial charge is 0.225 e. The van der Waals surface area contributed by atoms with Gasteiger partial charge >= 0.3 is 0 Å². The number of nitrogens with zero attached hydrogens (tertiary/aromatic N) is 3. The second-order valence-corrected chi connectivity index (χ2v) is 5.44. The van der Waals surface area contributed by atoms with Gasteiger partial charge < -0.3 is 10.2 Å². The van der Waals surface area contributed by atoms with Gasteiger partial charge in [-0.05, 0) is 12.8 Å². The molecular formula is C11H16N4OS. The second kappa shape index (κ2) is 4.25. The van der Waals surface area contributed by atoms with Crippen molar-refractivity contribution in [3.05, 3.63) is 5.82 Å². The van der Waals surface area contributed by atoms with Crippen molar-refractivity contribution in [1.82, 2.24) is 14.3 Å². The van der Waals surface area contributed by atoms with E-state index in [2.05, 4.69) is 14.7 Å². The predicted molar refractivity (Wildman–Crippen MR) is 66.0 cm³/mol. The van der Waals surface area contributed by atoms with Gasteiger partial charge in [0.25, 0.3) is 0 Å². The highest BCUT2D eigenvalue weighted by Gasteiger charge is 2.39. The molecule has 0 spiro atoms. The fraction of sp³-hybridized carbons (Fsp3) is 0.727. The van der Waals surface area contributed by atoms with Crippen LogP contribution in [0.1, 0.15) is 32.0 Å². The second-order valence-electron chi connectivity index (χ2n) is 4.69. The number of aromatic nitrogens is 2. The average molecular weight is 252 g/mol. The monoisotopic (exact) mass is 252 g/mol. The number of nitrogens with one attached hydrogen (secondary N) is 1. The SMILES string of the molecule is CCc1nsc(N[C@H]2CC(=O)N(C3CC3)C2)n1. The summed E-state index contributed by atoms with van der Waals surface area (Å²) >= 11 is 1.39. The topological polar surface area (TPSA) is 58.1 Å². The molecule has 0 aromatic carbocycles. The third-order valence-corrected chi connectivity index (χ3v) is 3.94. The first-order valence-corrected chi connectivity index (χ1v) is 6.92. The van der Waals surface area contributed by atoms with E-state index in [0.717, 1.165) is 23.9 Å². The van der Waals surface area contributed by atoms with Gasteiger partial charge in [0.1, 0.15) is 5.82 Å². The summed E-state index contributed by atoms with van der Waals surface area (Å²) in [5.74, 6) is 1.16. The van der Waals surface area contributed by atoms with Gasteiger partial charge in [-0.25, -0.2) is 4.98 Å². The molecule has 1 aromatic rings. The minimum Gasteiger partial charge on any atom is -0.355 e. The van der Waals surface area contributed by atoms with E-state index in [1.165, 1.54) is 24.4 Å². The Kier molecular flexibility index (Phi) is 2.74. The lowest BCUT2D eigenvalue weighted by Gasteiger charge is -2.15. The van der Waals surface area contributed by atoms with E-state index >= 15 is 0 Å². The highest BCUT2D eigenvalue weighted by Crippen LogP contribution is 2.31. The van der Waals surface area contributed by atoms with Gasteiger partial charge in [-0.2, -0.15) is 4.37 Å². The van der Waals surface area contributed by atoms with Gasteiger partial charge in [-0.1, -0.05) is 6.92 Å². The van der Waals surface area contributed by atoms with Crippen LogP contribution in [0.2, 0.25) is 0 Å². The van der Waals surface area contributed by atoms with Gasteiger partial charge in [-0.15, -0.1) is 0 Å². The van der Waals surface area contributed by atoms with Gasteiger partial charge in [0, 0.05) is 37.0 Å². The van der Waals surface area contributed by atoms with E-state index in [1.54, 1.807) is 0 Å². The van der Waals surface area contributed by atoms with Crippen molar-refractivity contribution >= 4 is 22.6 Å². The molecule has 5 nitrogen and oxygen atoms in total. The van der Waals surface area contributed by atoms with Crippen molar-refractivity contribution in [1.29, 1.82) is 0 Å². The molecule has 1 saturated heterocycles. The molecule has 1 amide bonds. The van der Waals surface area contributed by atoms with Crippen molar-refractivity contribution in [2.75, 3.05) is 11.9 Å². The average Bonchev–Trinajstić information content (AvgIpc) is 2.95. The summed E-state index contributed by atoms with van der Waals surface area (Å²) in [5.41, 5.74) is 0. The molecule has 17 heavy (non-hydrogen) atoms. The van der Waals surface area contributed by atoms with Gasteiger partial charge in [0.15, 0.2) is 0 Å². The lowest BCUT2D eigenvalue weighted by molar-refractivity contribution is -0.128. The van der Waals surface area contributed by atoms with Crippen LogP contribution >= 0.6 is 11.5 Å². The highest BCUT2D eigenvalue weighted by atomic mass is 32.1. The van der Waals surface area contributed by atoms with Crippen molar-refractivity contribution in [3.63, 3.8) is 0 Å². The first-order chi connectivity index (χ1) is 8.26. The number of hydrogen-bond donors (Lipinski definition) is 1. The van der Waals surface area contributed by atoms with Crippen LogP contribution in [0.4, 0.5) is 5.13 Å². The summed E-state index contributed by atoms with van der Waals surface area (Å²) in [4.78, 5) is 18.2. The molecule has 1 aliphatic heterocycles. The molecule has 6 heteroatoms. The van der Waals surface area contributed by atoms with E-state index in [0.29, 0.717) is 12.5 Å². The van der Waals surface area contributed by atoms with Crippen LogP contribution in [-0.4, -0.2) is 38.8 Å². The molecular weight excluding hydrogens is 236 g/mol. The number of hydrogen-bond acceptors (Lipinski definition) is 5. The molecule has 1 saturated carbocycles. The molecule has 1 N–H and O–H groups in total. The maximum atomic E-state index is 11.8. The normalized spacial score (nSPS) is 24.4. The number of carbonyl (C=O) groups is 1. The number of aryl methyl sites for hydroxylation is 1. The molecule has 1 aliphatic carbocycles. The van der Waals surface area contributed by atoms with E-state index < -0.39 is 0 Å². The van der Waals surface area contributed by atoms with Crippen molar-refractivity contribution in [2.45, 2.75) is 44.7 Å². The Morgan fingerprint density at radius 3 is 3.00 bits per heavy atom. The minimum absolute atomic E-state index is 0.209. The number of amides is 1. The summed E-state index contributed by atoms with van der Waals surface area (Å²) in [5, 5.41) is 4.17. The maximum Gasteiger partial charge on any atom is 0.225 e. The zero-order valence-corrected chi connectivity index (χ0v) is 10.7. The van der Waals surface area contributed by atoms with E-state index in [-0.39, 0.29) is 11.9 Å². The first-order valence-electron chi connectivity index (χ1n) is 6.15. The summed E-state index contributed by atoms with van der Waals surface area (Å²) in [7, 11) is 0. The highest BCUT2D eigenvalue weighted by molar-refractivity contribution is 7.09. The zero-order chi connectivity index (χ0) is 11.8. The summed E-state index contributed by atoms with van der Waals surface area (Å²) in [6.07, 6.45) is 3.81. The quantitative estimate of drug-likeness (QED) is 0.877. The Labute approximate surface area is 104 Å². The number of carbonyl (C=O) groups excluding carboxylic acids is 1. The fourth-order valence-corrected chi connectivity index (χ4v) is 2.93. The third kappa shape index (κ3) is 2.26. The largest absolute Gasteiger partial charge is 0.355 e. The Morgan fingerprint density at radius 2 is 2.35 bits per heavy atom. The molecule has 0 unspecified atom stereocenters. The van der Waals surface area contributed by atoms with Crippen molar-refractivity contribution < 1.29 is 4.79 Å². The Hall–Kier alpha value is -1.17. The molecule has 0 bridgehead atoms. The summed E-state index contributed by atoms with van der Waals surface area (Å²) in [6, 6.07) is 0.732. The van der Waals surface area contributed by atoms with Gasteiger partial charge in [0.2, 0.25) is 11.0 Å². The van der Waals surface area contributed by atoms with Crippen LogP contribution in [0.25, 0.3) is 0 Å². The van der Waals surface area contributed by atoms with Crippen LogP contribution in [0.15, 0.2) is 0 Å². The van der Waals surface area contributed by atoms with Gasteiger partial charge in [0.05, 0.1) is 6.04 Å². The molecule has 1 atom stereocenters. The molecule has 3 rings (SSSR count). The molecule has 1 aromatic heterocycles. The van der Waals surface area contributed by atoms with Crippen LogP contribution in [0.5, 0.6) is 0 Å². The van der Waals surface area contributed by atoms with E-state index in [1.807, 2.05) is 11.8 Å². The Morgan fingerprint density at radius 1 is 1.53 bits per heavy atom. The van der Waals surface area contributed by atoms with Gasteiger partial charge in [-0.3, -0.25) is 4.79 Å². The number of likely N-dealkylation sites (tertiary alicyclic amines) is 1. The fourth-order valence-electron chi connectivity index (χ4n) is 2.20. The van der Waals surface area contributed by atoms with Crippen molar-refractivity contribution in [2.24, 2.45) is 0 Å². The van der Waals surface area contributed by atoms with Crippen LogP contribution in [0, 0.1) is 0 Å². The summed E-state index contributed by atoms with van der Waals surface area (Å²) in [6.45, 7) is 2.87. The number of rotatable bonds is 4. The van der Waals surface area contributed by atoms with Crippen molar-refractivity contribution in [3.8, 4) is 0 Å². The minimum atomic E-state index is 0.209. The lowest BCUT2D eigenvalue weighted by atomic mass is 10.3. The zero-order valence-electron chi connectivity index (χ0n) is 9.85. The standard InChI is InChI=1S/C11H16N4OS/c1-2-9-13-11(17-14-9)12-7-5-10(16)15(6-7)8-3-4-8/h7-8H,2-6H2,1H3,(H,12,13,14)/t7-/m0/s1. The van der Waals surface area contributed by atoms with E-state index in [4.69, 9.17) is 0 Å². The molecule has 2 heterocycles. The maximum absolute atomic E-state index is 11.8. The predicted octanol–water partition coefficient (Wildman–Crippen LogP) is 1.28. The Bertz CT molecular complexity index is 429. The lowest BCUT2D eigenvalue weighted by Crippen LogP contribution is -2.29. The van der Waals surface area contributed by atoms with Crippen LogP contribution < -0.4 is 5.32 Å². The van der Waals surface area contributed by atoms with Crippen LogP contribution in [0.3, 0.4) is 0 Å². The summed E-state index contributed by atoms with van der Waals surface area (Å²) < 4.78 is 4.23. The molecule has 92 valence electrons.